The summed E-state index contributed by atoms with van der Waals surface area (Å²) in [6.07, 6.45) is 2.47. The zero-order valence-electron chi connectivity index (χ0n) is 11.1. The Morgan fingerprint density at radius 3 is 2.95 bits per heavy atom. The second kappa shape index (κ2) is 6.74. The van der Waals surface area contributed by atoms with Crippen LogP contribution >= 0.6 is 11.8 Å². The monoisotopic (exact) mass is 300 g/mol. The van der Waals surface area contributed by atoms with E-state index in [0.29, 0.717) is 10.9 Å². The van der Waals surface area contributed by atoms with Gasteiger partial charge in [-0.2, -0.15) is 11.8 Å². The molecule has 2 rings (SSSR count). The lowest BCUT2D eigenvalue weighted by Gasteiger charge is -2.22. The number of rotatable bonds is 5. The minimum atomic E-state index is -3.35. The summed E-state index contributed by atoms with van der Waals surface area (Å²) in [7, 11) is -1.92. The minimum Gasteiger partial charge on any atom is -0.309 e. The van der Waals surface area contributed by atoms with Crippen molar-refractivity contribution in [3.8, 4) is 0 Å². The van der Waals surface area contributed by atoms with Crippen LogP contribution in [0, 0.1) is 0 Å². The zero-order valence-corrected chi connectivity index (χ0v) is 12.7. The molecule has 0 bridgehead atoms. The molecule has 0 saturated carbocycles. The number of hydrogen-bond acceptors (Lipinski definition) is 4. The average molecular weight is 300 g/mol. The highest BCUT2D eigenvalue weighted by Crippen LogP contribution is 2.17. The van der Waals surface area contributed by atoms with E-state index in [4.69, 9.17) is 0 Å². The van der Waals surface area contributed by atoms with Crippen LogP contribution in [0.3, 0.4) is 0 Å². The second-order valence-corrected chi connectivity index (χ2v) is 7.69. The number of nitrogens with one attached hydrogen (secondary N) is 2. The van der Waals surface area contributed by atoms with Crippen molar-refractivity contribution in [2.24, 2.45) is 0 Å². The van der Waals surface area contributed by atoms with E-state index in [0.717, 1.165) is 17.9 Å². The fourth-order valence-electron chi connectivity index (χ4n) is 2.10. The van der Waals surface area contributed by atoms with Crippen LogP contribution in [0.5, 0.6) is 0 Å². The van der Waals surface area contributed by atoms with E-state index < -0.39 is 10.0 Å². The van der Waals surface area contributed by atoms with Crippen LogP contribution in [0.25, 0.3) is 0 Å². The molecular formula is C13H20N2O2S2. The second-order valence-electron chi connectivity index (χ2n) is 4.65. The molecule has 6 heteroatoms. The van der Waals surface area contributed by atoms with Gasteiger partial charge in [0.05, 0.1) is 4.90 Å². The Hall–Kier alpha value is -0.560. The summed E-state index contributed by atoms with van der Waals surface area (Å²) in [5.74, 6) is 2.41. The molecule has 1 heterocycles. The van der Waals surface area contributed by atoms with E-state index in [9.17, 15) is 8.42 Å². The fraction of sp³-hybridized carbons (Fsp3) is 0.538. The Balaban J connectivity index is 1.99. The van der Waals surface area contributed by atoms with E-state index in [1.165, 1.54) is 25.6 Å². The number of benzene rings is 1. The van der Waals surface area contributed by atoms with Gasteiger partial charge >= 0.3 is 0 Å². The molecule has 0 unspecified atom stereocenters. The van der Waals surface area contributed by atoms with Crippen LogP contribution in [0.1, 0.15) is 18.4 Å². The van der Waals surface area contributed by atoms with Gasteiger partial charge in [0.1, 0.15) is 0 Å². The molecule has 0 amide bonds. The van der Waals surface area contributed by atoms with Gasteiger partial charge in [0.2, 0.25) is 10.0 Å². The maximum atomic E-state index is 11.7. The molecule has 1 fully saturated rings. The lowest BCUT2D eigenvalue weighted by molar-refractivity contribution is 0.507. The lowest BCUT2D eigenvalue weighted by atomic mass is 10.1. The summed E-state index contributed by atoms with van der Waals surface area (Å²) in [5, 5.41) is 3.50. The Kier molecular flexibility index (Phi) is 5.27. The Bertz CT molecular complexity index is 511. The van der Waals surface area contributed by atoms with Gasteiger partial charge < -0.3 is 5.32 Å². The molecule has 2 N–H and O–H groups in total. The van der Waals surface area contributed by atoms with Crippen LogP contribution < -0.4 is 10.0 Å². The Morgan fingerprint density at radius 2 is 2.26 bits per heavy atom. The summed E-state index contributed by atoms with van der Waals surface area (Å²) >= 11 is 1.98. The Morgan fingerprint density at radius 1 is 1.42 bits per heavy atom. The maximum Gasteiger partial charge on any atom is 0.240 e. The number of thioether (sulfide) groups is 1. The molecule has 1 aromatic rings. The summed E-state index contributed by atoms with van der Waals surface area (Å²) in [6.45, 7) is 0.721. The minimum absolute atomic E-state index is 0.326. The summed E-state index contributed by atoms with van der Waals surface area (Å²) in [5.41, 5.74) is 1.01. The molecule has 1 aliphatic rings. The lowest BCUT2D eigenvalue weighted by Crippen LogP contribution is -2.33. The van der Waals surface area contributed by atoms with E-state index in [-0.39, 0.29) is 0 Å². The molecule has 0 spiro atoms. The van der Waals surface area contributed by atoms with E-state index in [2.05, 4.69) is 10.0 Å². The highest BCUT2D eigenvalue weighted by Gasteiger charge is 2.14. The molecule has 1 atom stereocenters. The first-order chi connectivity index (χ1) is 9.12. The van der Waals surface area contributed by atoms with Gasteiger partial charge in [-0.05, 0) is 43.3 Å². The third kappa shape index (κ3) is 4.21. The van der Waals surface area contributed by atoms with Gasteiger partial charge in [0.15, 0.2) is 0 Å². The largest absolute Gasteiger partial charge is 0.309 e. The molecule has 1 saturated heterocycles. The molecule has 106 valence electrons. The van der Waals surface area contributed by atoms with Crippen LogP contribution in [-0.2, 0) is 16.6 Å². The van der Waals surface area contributed by atoms with Crippen molar-refractivity contribution in [3.05, 3.63) is 29.8 Å². The van der Waals surface area contributed by atoms with Crippen molar-refractivity contribution in [2.75, 3.05) is 18.6 Å². The molecule has 1 aliphatic heterocycles. The van der Waals surface area contributed by atoms with Crippen molar-refractivity contribution >= 4 is 21.8 Å². The highest BCUT2D eigenvalue weighted by molar-refractivity contribution is 7.99. The van der Waals surface area contributed by atoms with Crippen molar-refractivity contribution in [1.29, 1.82) is 0 Å². The maximum absolute atomic E-state index is 11.7. The predicted octanol–water partition coefficient (Wildman–Crippen LogP) is 1.58. The van der Waals surface area contributed by atoms with E-state index in [1.807, 2.05) is 17.8 Å². The van der Waals surface area contributed by atoms with Gasteiger partial charge in [-0.1, -0.05) is 12.1 Å². The summed E-state index contributed by atoms with van der Waals surface area (Å²) < 4.78 is 25.8. The van der Waals surface area contributed by atoms with E-state index >= 15 is 0 Å². The quantitative estimate of drug-likeness (QED) is 0.867. The first-order valence-corrected chi connectivity index (χ1v) is 9.09. The first kappa shape index (κ1) is 14.8. The van der Waals surface area contributed by atoms with E-state index in [1.54, 1.807) is 18.2 Å². The van der Waals surface area contributed by atoms with Gasteiger partial charge in [0.25, 0.3) is 0 Å². The predicted molar refractivity (Wildman–Crippen MR) is 79.9 cm³/mol. The summed E-state index contributed by atoms with van der Waals surface area (Å²) in [4.78, 5) is 0.326. The molecule has 19 heavy (non-hydrogen) atoms. The van der Waals surface area contributed by atoms with Gasteiger partial charge in [-0.15, -0.1) is 0 Å². The van der Waals surface area contributed by atoms with Crippen LogP contribution in [0.2, 0.25) is 0 Å². The third-order valence-corrected chi connectivity index (χ3v) is 5.86. The molecular weight excluding hydrogens is 280 g/mol. The smallest absolute Gasteiger partial charge is 0.240 e. The average Bonchev–Trinajstić information content (AvgIpc) is 2.46. The third-order valence-electron chi connectivity index (χ3n) is 3.23. The number of sulfonamides is 1. The van der Waals surface area contributed by atoms with Gasteiger partial charge in [-0.25, -0.2) is 13.1 Å². The zero-order chi connectivity index (χ0) is 13.7. The summed E-state index contributed by atoms with van der Waals surface area (Å²) in [6, 6.07) is 7.64. The van der Waals surface area contributed by atoms with Crippen LogP contribution in [0.15, 0.2) is 29.2 Å². The standard InChI is InChI=1S/C13H20N2O2S2/c1-14-19(16,17)13-6-2-4-11(8-13)9-15-12-5-3-7-18-10-12/h2,4,6,8,12,14-15H,3,5,7,9-10H2,1H3/t12-/m0/s1. The van der Waals surface area contributed by atoms with Crippen molar-refractivity contribution in [2.45, 2.75) is 30.3 Å². The van der Waals surface area contributed by atoms with Crippen molar-refractivity contribution in [3.63, 3.8) is 0 Å². The van der Waals surface area contributed by atoms with Gasteiger partial charge in [-0.3, -0.25) is 0 Å². The fourth-order valence-corrected chi connectivity index (χ4v) is 4.01. The van der Waals surface area contributed by atoms with Crippen LogP contribution in [-0.4, -0.2) is 33.0 Å². The van der Waals surface area contributed by atoms with Crippen molar-refractivity contribution in [1.82, 2.24) is 10.0 Å². The molecule has 0 aliphatic carbocycles. The highest BCUT2D eigenvalue weighted by atomic mass is 32.2. The normalized spacial score (nSPS) is 20.4. The SMILES string of the molecule is CNS(=O)(=O)c1cccc(CN[C@H]2CCCSC2)c1. The first-order valence-electron chi connectivity index (χ1n) is 6.45. The van der Waals surface area contributed by atoms with Crippen LogP contribution in [0.4, 0.5) is 0 Å². The van der Waals surface area contributed by atoms with Crippen molar-refractivity contribution < 1.29 is 8.42 Å². The van der Waals surface area contributed by atoms with Gasteiger partial charge in [0, 0.05) is 18.3 Å². The molecule has 0 aromatic heterocycles. The molecule has 1 aromatic carbocycles. The molecule has 4 nitrogen and oxygen atoms in total. The molecule has 0 radical (unpaired) electrons. The Labute approximate surface area is 119 Å². The topological polar surface area (TPSA) is 58.2 Å². The number of hydrogen-bond donors (Lipinski definition) is 2.